The second-order valence-electron chi connectivity index (χ2n) is 6.13. The van der Waals surface area contributed by atoms with Crippen molar-refractivity contribution in [3.8, 4) is 11.5 Å². The maximum Gasteiger partial charge on any atom is 0.277 e. The third-order valence-corrected chi connectivity index (χ3v) is 7.98. The fourth-order valence-corrected chi connectivity index (χ4v) is 5.34. The van der Waals surface area contributed by atoms with E-state index in [0.29, 0.717) is 25.2 Å². The predicted octanol–water partition coefficient (Wildman–Crippen LogP) is 3.24. The van der Waals surface area contributed by atoms with Gasteiger partial charge in [-0.25, -0.2) is 8.42 Å². The van der Waals surface area contributed by atoms with E-state index in [9.17, 15) is 13.2 Å². The molecule has 0 spiro atoms. The average molecular weight is 467 g/mol. The number of carbonyl (C=O) groups excluding carboxylic acids is 1. The van der Waals surface area contributed by atoms with Crippen LogP contribution in [0.15, 0.2) is 56.3 Å². The highest BCUT2D eigenvalue weighted by Crippen LogP contribution is 2.25. The summed E-state index contributed by atoms with van der Waals surface area (Å²) in [7, 11) is -3.52. The summed E-state index contributed by atoms with van der Waals surface area (Å²) >= 11 is 2.73. The molecule has 1 amide bonds. The van der Waals surface area contributed by atoms with Crippen LogP contribution in [0.1, 0.15) is 18.7 Å². The molecule has 0 bridgehead atoms. The minimum atomic E-state index is -3.52. The molecule has 2 heterocycles. The second kappa shape index (κ2) is 10.2. The number of rotatable bonds is 10. The molecule has 0 atom stereocenters. The Kier molecular flexibility index (Phi) is 7.64. The first-order chi connectivity index (χ1) is 14.4. The summed E-state index contributed by atoms with van der Waals surface area (Å²) in [6, 6.07) is 10.2. The minimum absolute atomic E-state index is 0.126. The molecule has 160 valence electrons. The summed E-state index contributed by atoms with van der Waals surface area (Å²) in [5.74, 6) is 0.302. The van der Waals surface area contributed by atoms with Crippen molar-refractivity contribution in [1.82, 2.24) is 19.8 Å². The Morgan fingerprint density at radius 1 is 1.17 bits per heavy atom. The lowest BCUT2D eigenvalue weighted by Crippen LogP contribution is -2.30. The van der Waals surface area contributed by atoms with Crippen molar-refractivity contribution in [2.45, 2.75) is 30.5 Å². The molecular formula is C19H22N4O4S3. The molecular weight excluding hydrogens is 444 g/mol. The molecule has 8 nitrogen and oxygen atoms in total. The Morgan fingerprint density at radius 2 is 1.90 bits per heavy atom. The van der Waals surface area contributed by atoms with Crippen LogP contribution >= 0.6 is 23.1 Å². The third kappa shape index (κ3) is 5.48. The van der Waals surface area contributed by atoms with Gasteiger partial charge >= 0.3 is 0 Å². The van der Waals surface area contributed by atoms with Gasteiger partial charge in [-0.2, -0.15) is 4.31 Å². The van der Waals surface area contributed by atoms with Crippen molar-refractivity contribution < 1.29 is 17.6 Å². The largest absolute Gasteiger partial charge is 0.411 e. The molecule has 1 aromatic carbocycles. The molecule has 0 aliphatic carbocycles. The zero-order valence-corrected chi connectivity index (χ0v) is 19.0. The normalized spacial score (nSPS) is 11.7. The third-order valence-electron chi connectivity index (χ3n) is 4.22. The maximum absolute atomic E-state index is 12.6. The lowest BCUT2D eigenvalue weighted by molar-refractivity contribution is -0.118. The Bertz CT molecular complexity index is 1060. The molecule has 1 N–H and O–H groups in total. The van der Waals surface area contributed by atoms with Gasteiger partial charge in [-0.05, 0) is 35.7 Å². The summed E-state index contributed by atoms with van der Waals surface area (Å²) < 4.78 is 32.1. The SMILES string of the molecule is CCN(CC)S(=O)(=O)c1ccc(-c2nnc(SCC(=O)NCc3cccs3)o2)cc1. The smallest absolute Gasteiger partial charge is 0.277 e. The Morgan fingerprint density at radius 3 is 2.53 bits per heavy atom. The first-order valence-corrected chi connectivity index (χ1v) is 12.6. The van der Waals surface area contributed by atoms with Gasteiger partial charge in [0.05, 0.1) is 17.2 Å². The zero-order valence-electron chi connectivity index (χ0n) is 16.6. The molecule has 0 saturated heterocycles. The van der Waals surface area contributed by atoms with Crippen LogP contribution < -0.4 is 5.32 Å². The van der Waals surface area contributed by atoms with E-state index in [2.05, 4.69) is 15.5 Å². The van der Waals surface area contributed by atoms with Crippen LogP contribution in [-0.4, -0.2) is 47.7 Å². The average Bonchev–Trinajstić information content (AvgIpc) is 3.43. The van der Waals surface area contributed by atoms with Gasteiger partial charge in [0.2, 0.25) is 21.8 Å². The van der Waals surface area contributed by atoms with Crippen molar-refractivity contribution >= 4 is 39.0 Å². The number of thioether (sulfide) groups is 1. The van der Waals surface area contributed by atoms with Crippen LogP contribution in [-0.2, 0) is 21.4 Å². The van der Waals surface area contributed by atoms with Gasteiger partial charge in [0.15, 0.2) is 0 Å². The topological polar surface area (TPSA) is 105 Å². The predicted molar refractivity (Wildman–Crippen MR) is 117 cm³/mol. The van der Waals surface area contributed by atoms with Crippen LogP contribution in [0.5, 0.6) is 0 Å². The lowest BCUT2D eigenvalue weighted by Gasteiger charge is -2.18. The van der Waals surface area contributed by atoms with E-state index in [1.54, 1.807) is 37.3 Å². The monoisotopic (exact) mass is 466 g/mol. The number of thiophene rings is 1. The highest BCUT2D eigenvalue weighted by Gasteiger charge is 2.21. The molecule has 2 aromatic heterocycles. The number of carbonyl (C=O) groups is 1. The summed E-state index contributed by atoms with van der Waals surface area (Å²) in [6.07, 6.45) is 0. The first-order valence-electron chi connectivity index (χ1n) is 9.30. The van der Waals surface area contributed by atoms with Crippen LogP contribution in [0.3, 0.4) is 0 Å². The number of benzene rings is 1. The maximum atomic E-state index is 12.6. The van der Waals surface area contributed by atoms with E-state index < -0.39 is 10.0 Å². The molecule has 3 aromatic rings. The number of nitrogens with one attached hydrogen (secondary N) is 1. The molecule has 0 fully saturated rings. The van der Waals surface area contributed by atoms with Gasteiger partial charge in [0.25, 0.3) is 5.22 Å². The van der Waals surface area contributed by atoms with Gasteiger partial charge in [-0.1, -0.05) is 31.7 Å². The van der Waals surface area contributed by atoms with Crippen molar-refractivity contribution in [3.63, 3.8) is 0 Å². The number of hydrogen-bond donors (Lipinski definition) is 1. The van der Waals surface area contributed by atoms with Crippen LogP contribution in [0.25, 0.3) is 11.5 Å². The fraction of sp³-hybridized carbons (Fsp3) is 0.316. The molecule has 0 aliphatic rings. The van der Waals surface area contributed by atoms with Crippen molar-refractivity contribution in [3.05, 3.63) is 46.7 Å². The molecule has 0 aliphatic heterocycles. The summed E-state index contributed by atoms with van der Waals surface area (Å²) in [5, 5.41) is 13.0. The molecule has 0 radical (unpaired) electrons. The summed E-state index contributed by atoms with van der Waals surface area (Å²) in [6.45, 7) is 4.91. The molecule has 0 saturated carbocycles. The Hall–Kier alpha value is -2.21. The van der Waals surface area contributed by atoms with Gasteiger partial charge < -0.3 is 9.73 Å². The number of sulfonamides is 1. The van der Waals surface area contributed by atoms with E-state index in [1.165, 1.54) is 16.4 Å². The quantitative estimate of drug-likeness (QED) is 0.457. The standard InChI is InChI=1S/C19H22N4O4S3/c1-3-23(4-2)30(25,26)16-9-7-14(8-10-16)18-21-22-19(27-18)29-13-17(24)20-12-15-6-5-11-28-15/h5-11H,3-4,12-13H2,1-2H3,(H,20,24). The summed E-state index contributed by atoms with van der Waals surface area (Å²) in [5.41, 5.74) is 0.606. The van der Waals surface area contributed by atoms with Gasteiger partial charge in [-0.3, -0.25) is 4.79 Å². The number of hydrogen-bond acceptors (Lipinski definition) is 8. The number of nitrogens with zero attached hydrogens (tertiary/aromatic N) is 3. The second-order valence-corrected chi connectivity index (χ2v) is 10.0. The molecule has 11 heteroatoms. The van der Waals surface area contributed by atoms with Crippen LogP contribution in [0.4, 0.5) is 0 Å². The van der Waals surface area contributed by atoms with Gasteiger partial charge in [0, 0.05) is 23.5 Å². The lowest BCUT2D eigenvalue weighted by atomic mass is 10.2. The summed E-state index contributed by atoms with van der Waals surface area (Å²) in [4.78, 5) is 13.2. The zero-order chi connectivity index (χ0) is 21.6. The van der Waals surface area contributed by atoms with Gasteiger partial charge in [0.1, 0.15) is 0 Å². The first kappa shape index (κ1) is 22.5. The minimum Gasteiger partial charge on any atom is -0.411 e. The van der Waals surface area contributed by atoms with Crippen molar-refractivity contribution in [2.75, 3.05) is 18.8 Å². The molecule has 30 heavy (non-hydrogen) atoms. The van der Waals surface area contributed by atoms with E-state index in [-0.39, 0.29) is 27.7 Å². The van der Waals surface area contributed by atoms with Crippen LogP contribution in [0, 0.1) is 0 Å². The van der Waals surface area contributed by atoms with E-state index >= 15 is 0 Å². The van der Waals surface area contributed by atoms with E-state index in [4.69, 9.17) is 4.42 Å². The number of aromatic nitrogens is 2. The van der Waals surface area contributed by atoms with Crippen molar-refractivity contribution in [1.29, 1.82) is 0 Å². The highest BCUT2D eigenvalue weighted by atomic mass is 32.2. The van der Waals surface area contributed by atoms with Crippen molar-refractivity contribution in [2.24, 2.45) is 0 Å². The fourth-order valence-electron chi connectivity index (χ4n) is 2.64. The highest BCUT2D eigenvalue weighted by molar-refractivity contribution is 7.99. The van der Waals surface area contributed by atoms with Gasteiger partial charge in [-0.15, -0.1) is 21.5 Å². The molecule has 3 rings (SSSR count). The Balaban J connectivity index is 1.58. The molecule has 0 unspecified atom stereocenters. The number of amides is 1. The Labute approximate surface area is 183 Å². The van der Waals surface area contributed by atoms with E-state index in [0.717, 1.165) is 16.6 Å². The van der Waals surface area contributed by atoms with Crippen LogP contribution in [0.2, 0.25) is 0 Å². The van der Waals surface area contributed by atoms with E-state index in [1.807, 2.05) is 17.5 Å².